The quantitative estimate of drug-likeness (QED) is 0.523. The zero-order valence-corrected chi connectivity index (χ0v) is 22.9. The van der Waals surface area contributed by atoms with Crippen molar-refractivity contribution < 1.29 is 13.9 Å². The van der Waals surface area contributed by atoms with Crippen LogP contribution < -0.4 is 16.0 Å². The van der Waals surface area contributed by atoms with Gasteiger partial charge in [-0.15, -0.1) is 0 Å². The lowest BCUT2D eigenvalue weighted by Crippen LogP contribution is -2.58. The van der Waals surface area contributed by atoms with E-state index in [0.29, 0.717) is 35.2 Å². The lowest BCUT2D eigenvalue weighted by atomic mass is 9.79. The Morgan fingerprint density at radius 3 is 2.66 bits per heavy atom. The summed E-state index contributed by atoms with van der Waals surface area (Å²) in [6, 6.07) is 2.04. The zero-order chi connectivity index (χ0) is 25.4. The van der Waals surface area contributed by atoms with Crippen LogP contribution in [0.15, 0.2) is 10.5 Å². The Labute approximate surface area is 218 Å². The standard InChI is InChI=1S/C24H31BrClFN6O2/c1-24(2,3)35-23(34)33-8-11-6-15(33)19(11)29-21-13-7-14(26)16(25)17(27)20(13)30-22(18(21)28)32-9-12(10-32)31(4)5/h7,11-12,15,19H,6,8-10,28H2,1-5H3,(H,29,30)/t11-,15-,19?/m1/s1. The molecule has 1 aromatic carbocycles. The first-order chi connectivity index (χ1) is 16.4. The number of anilines is 3. The van der Waals surface area contributed by atoms with Crippen LogP contribution in [0.25, 0.3) is 10.9 Å². The molecule has 1 saturated carbocycles. The molecule has 35 heavy (non-hydrogen) atoms. The number of rotatable bonds is 4. The molecule has 4 fully saturated rings. The zero-order valence-electron chi connectivity index (χ0n) is 20.5. The minimum atomic E-state index is -0.559. The Kier molecular flexibility index (Phi) is 6.00. The van der Waals surface area contributed by atoms with Gasteiger partial charge in [0, 0.05) is 37.0 Å². The molecule has 3 aliphatic heterocycles. The van der Waals surface area contributed by atoms with Gasteiger partial charge in [0.1, 0.15) is 11.1 Å². The van der Waals surface area contributed by atoms with Crippen molar-refractivity contribution >= 4 is 61.7 Å². The predicted molar refractivity (Wildman–Crippen MR) is 141 cm³/mol. The summed E-state index contributed by atoms with van der Waals surface area (Å²) in [4.78, 5) is 23.4. The Morgan fingerprint density at radius 2 is 2.03 bits per heavy atom. The van der Waals surface area contributed by atoms with E-state index in [9.17, 15) is 4.79 Å². The maximum atomic E-state index is 15.3. The smallest absolute Gasteiger partial charge is 0.410 e. The van der Waals surface area contributed by atoms with E-state index in [1.807, 2.05) is 34.9 Å². The van der Waals surface area contributed by atoms with Gasteiger partial charge >= 0.3 is 6.09 Å². The van der Waals surface area contributed by atoms with E-state index in [1.54, 1.807) is 11.0 Å². The molecule has 3 N–H and O–H groups in total. The fraction of sp³-hybridized carbons (Fsp3) is 0.583. The van der Waals surface area contributed by atoms with Crippen LogP contribution in [0.4, 0.5) is 26.4 Å². The number of nitrogen functional groups attached to an aromatic ring is 1. The highest BCUT2D eigenvalue weighted by molar-refractivity contribution is 9.10. The van der Waals surface area contributed by atoms with Gasteiger partial charge in [-0.25, -0.2) is 14.2 Å². The van der Waals surface area contributed by atoms with Gasteiger partial charge in [0.15, 0.2) is 11.6 Å². The molecule has 11 heteroatoms. The van der Waals surface area contributed by atoms with Crippen LogP contribution in [0.2, 0.25) is 5.02 Å². The Hall–Kier alpha value is -2.04. The predicted octanol–water partition coefficient (Wildman–Crippen LogP) is 4.54. The number of carbonyl (C=O) groups is 1. The molecule has 2 aromatic rings. The molecule has 2 bridgehead atoms. The molecule has 8 nitrogen and oxygen atoms in total. The molecule has 190 valence electrons. The normalized spacial score (nSPS) is 24.1. The summed E-state index contributed by atoms with van der Waals surface area (Å²) in [5.74, 6) is 0.298. The lowest BCUT2D eigenvalue weighted by molar-refractivity contribution is 0.0239. The van der Waals surface area contributed by atoms with Crippen LogP contribution in [0.3, 0.4) is 0 Å². The Morgan fingerprint density at radius 1 is 1.34 bits per heavy atom. The number of hydrogen-bond acceptors (Lipinski definition) is 7. The topological polar surface area (TPSA) is 87.0 Å². The number of nitrogens with one attached hydrogen (secondary N) is 1. The van der Waals surface area contributed by atoms with Crippen LogP contribution in [0, 0.1) is 11.7 Å². The number of fused-ring (bicyclic) bond motifs is 2. The summed E-state index contributed by atoms with van der Waals surface area (Å²) < 4.78 is 21.1. The highest BCUT2D eigenvalue weighted by atomic mass is 79.9. The third-order valence-corrected chi connectivity index (χ3v) is 8.56. The van der Waals surface area contributed by atoms with Gasteiger partial charge in [-0.3, -0.25) is 0 Å². The first-order valence-electron chi connectivity index (χ1n) is 11.8. The molecule has 4 heterocycles. The maximum absolute atomic E-state index is 15.3. The first-order valence-corrected chi connectivity index (χ1v) is 13.0. The molecule has 6 rings (SSSR count). The van der Waals surface area contributed by atoms with Crippen LogP contribution in [0.1, 0.15) is 27.2 Å². The van der Waals surface area contributed by atoms with Gasteiger partial charge in [-0.05, 0) is 63.3 Å². The fourth-order valence-corrected chi connectivity index (χ4v) is 5.68. The maximum Gasteiger partial charge on any atom is 0.410 e. The van der Waals surface area contributed by atoms with Crippen molar-refractivity contribution in [1.29, 1.82) is 0 Å². The van der Waals surface area contributed by atoms with E-state index in [4.69, 9.17) is 22.1 Å². The number of likely N-dealkylation sites (N-methyl/N-ethyl adjacent to an activating group) is 1. The third-order valence-electron chi connectivity index (χ3n) is 7.26. The molecule has 3 saturated heterocycles. The third kappa shape index (κ3) is 4.17. The minimum Gasteiger partial charge on any atom is -0.444 e. The molecule has 4 aliphatic rings. The molecule has 3 atom stereocenters. The van der Waals surface area contributed by atoms with E-state index in [2.05, 4.69) is 36.0 Å². The molecule has 1 amide bonds. The summed E-state index contributed by atoms with van der Waals surface area (Å²) >= 11 is 9.56. The number of pyridine rings is 1. The largest absolute Gasteiger partial charge is 0.444 e. The van der Waals surface area contributed by atoms with Crippen molar-refractivity contribution in [3.8, 4) is 0 Å². The number of halogens is 3. The van der Waals surface area contributed by atoms with Gasteiger partial charge in [0.05, 0.1) is 33.0 Å². The minimum absolute atomic E-state index is 0.0142. The Balaban J connectivity index is 1.49. The number of ether oxygens (including phenoxy) is 1. The highest BCUT2D eigenvalue weighted by Crippen LogP contribution is 2.47. The van der Waals surface area contributed by atoms with Gasteiger partial charge < -0.3 is 30.5 Å². The monoisotopic (exact) mass is 568 g/mol. The molecule has 1 aliphatic carbocycles. The van der Waals surface area contributed by atoms with E-state index in [1.165, 1.54) is 0 Å². The molecule has 0 radical (unpaired) electrons. The van der Waals surface area contributed by atoms with E-state index >= 15 is 4.39 Å². The second-order valence-electron chi connectivity index (χ2n) is 11.0. The van der Waals surface area contributed by atoms with Crippen LogP contribution in [-0.2, 0) is 4.74 Å². The van der Waals surface area contributed by atoms with Crippen molar-refractivity contribution in [3.05, 3.63) is 21.4 Å². The Bertz CT molecular complexity index is 1200. The van der Waals surface area contributed by atoms with Crippen molar-refractivity contribution in [2.45, 2.75) is 50.9 Å². The average Bonchev–Trinajstić information content (AvgIpc) is 3.30. The molecule has 1 aromatic heterocycles. The highest BCUT2D eigenvalue weighted by Gasteiger charge is 2.55. The molecule has 1 unspecified atom stereocenters. The summed E-state index contributed by atoms with van der Waals surface area (Å²) in [6.07, 6.45) is 0.583. The summed E-state index contributed by atoms with van der Waals surface area (Å²) in [5.41, 5.74) is 7.39. The van der Waals surface area contributed by atoms with Crippen LogP contribution >= 0.6 is 27.5 Å². The number of hydrogen-bond donors (Lipinski definition) is 2. The lowest BCUT2D eigenvalue weighted by Gasteiger charge is -2.44. The van der Waals surface area contributed by atoms with E-state index in [-0.39, 0.29) is 39.1 Å². The fourth-order valence-electron chi connectivity index (χ4n) is 5.19. The van der Waals surface area contributed by atoms with Gasteiger partial charge in [0.2, 0.25) is 0 Å². The molecule has 0 spiro atoms. The van der Waals surface area contributed by atoms with Gasteiger partial charge in [-0.2, -0.15) is 0 Å². The van der Waals surface area contributed by atoms with Crippen LogP contribution in [-0.4, -0.2) is 78.3 Å². The van der Waals surface area contributed by atoms with E-state index < -0.39 is 11.4 Å². The van der Waals surface area contributed by atoms with Gasteiger partial charge in [0.25, 0.3) is 0 Å². The van der Waals surface area contributed by atoms with Crippen molar-refractivity contribution in [3.63, 3.8) is 0 Å². The SMILES string of the molecule is CN(C)C1CN(c2nc3c(F)c(Br)c(Cl)cc3c(NC3[C@@H]4C[C@H]3N(C(=O)OC(C)(C)C)C4)c2N)C1. The average molecular weight is 570 g/mol. The number of nitrogens with two attached hydrogens (primary N) is 1. The van der Waals surface area contributed by atoms with Crippen LogP contribution in [0.5, 0.6) is 0 Å². The number of nitrogens with zero attached hydrogens (tertiary/aromatic N) is 4. The van der Waals surface area contributed by atoms with Gasteiger partial charge in [-0.1, -0.05) is 11.6 Å². The van der Waals surface area contributed by atoms with Crippen molar-refractivity contribution in [2.75, 3.05) is 49.7 Å². The first kappa shape index (κ1) is 24.6. The number of benzene rings is 1. The number of amides is 1. The summed E-state index contributed by atoms with van der Waals surface area (Å²) in [7, 11) is 4.07. The number of aromatic nitrogens is 1. The van der Waals surface area contributed by atoms with Crippen molar-refractivity contribution in [2.24, 2.45) is 5.92 Å². The summed E-state index contributed by atoms with van der Waals surface area (Å²) in [6.45, 7) is 7.71. The van der Waals surface area contributed by atoms with E-state index in [0.717, 1.165) is 19.5 Å². The second-order valence-corrected chi connectivity index (χ2v) is 12.2. The summed E-state index contributed by atoms with van der Waals surface area (Å²) in [5, 5.41) is 4.33. The molecular weight excluding hydrogens is 539 g/mol. The second kappa shape index (κ2) is 8.52. The molecular formula is C24H31BrClFN6O2. The van der Waals surface area contributed by atoms with Crippen molar-refractivity contribution in [1.82, 2.24) is 14.8 Å². The number of carbonyl (C=O) groups excluding carboxylic acids is 1.